The molecule has 6 nitrogen and oxygen atoms in total. The first-order valence-corrected chi connectivity index (χ1v) is 8.40. The van der Waals surface area contributed by atoms with Crippen LogP contribution in [0.5, 0.6) is 0 Å². The molecule has 0 spiro atoms. The van der Waals surface area contributed by atoms with E-state index in [1.807, 2.05) is 24.3 Å². The second-order valence-electron chi connectivity index (χ2n) is 5.89. The van der Waals surface area contributed by atoms with Crippen LogP contribution in [0.15, 0.2) is 24.3 Å². The Kier molecular flexibility index (Phi) is 6.78. The van der Waals surface area contributed by atoms with Gasteiger partial charge in [0.1, 0.15) is 6.54 Å². The Morgan fingerprint density at radius 1 is 1.17 bits per heavy atom. The molecule has 0 aliphatic carbocycles. The molecule has 0 bridgehead atoms. The third kappa shape index (κ3) is 5.68. The van der Waals surface area contributed by atoms with Crippen molar-refractivity contribution < 1.29 is 19.1 Å². The molecule has 2 amide bonds. The highest BCUT2D eigenvalue weighted by Crippen LogP contribution is 2.11. The van der Waals surface area contributed by atoms with Crippen LogP contribution in [0, 0.1) is 0 Å². The van der Waals surface area contributed by atoms with E-state index in [2.05, 4.69) is 12.2 Å². The number of aryl methyl sites for hydroxylation is 1. The molecule has 1 aliphatic rings. The molecule has 6 heteroatoms. The number of hydrogen-bond donors (Lipinski definition) is 1. The summed E-state index contributed by atoms with van der Waals surface area (Å²) in [6, 6.07) is 7.50. The maximum Gasteiger partial charge on any atom is 0.326 e. The molecule has 1 aromatic rings. The number of nitrogens with zero attached hydrogens (tertiary/aromatic N) is 1. The third-order valence-corrected chi connectivity index (χ3v) is 4.00. The van der Waals surface area contributed by atoms with Crippen molar-refractivity contribution in [3.05, 3.63) is 29.8 Å². The van der Waals surface area contributed by atoms with Crippen molar-refractivity contribution in [2.45, 2.75) is 39.0 Å². The summed E-state index contributed by atoms with van der Waals surface area (Å²) in [7, 11) is 0. The smallest absolute Gasteiger partial charge is 0.326 e. The Morgan fingerprint density at radius 3 is 2.62 bits per heavy atom. The van der Waals surface area contributed by atoms with Gasteiger partial charge < -0.3 is 15.0 Å². The number of amides is 2. The summed E-state index contributed by atoms with van der Waals surface area (Å²) in [6.07, 6.45) is 4.16. The van der Waals surface area contributed by atoms with Crippen molar-refractivity contribution >= 4 is 23.5 Å². The molecular weight excluding hydrogens is 308 g/mol. The van der Waals surface area contributed by atoms with E-state index in [0.29, 0.717) is 18.7 Å². The zero-order chi connectivity index (χ0) is 17.4. The lowest BCUT2D eigenvalue weighted by atomic mass is 10.1. The summed E-state index contributed by atoms with van der Waals surface area (Å²) < 4.78 is 4.97. The minimum Gasteiger partial charge on any atom is -0.454 e. The van der Waals surface area contributed by atoms with Crippen LogP contribution in [0.2, 0.25) is 0 Å². The lowest BCUT2D eigenvalue weighted by Crippen LogP contribution is -2.36. The quantitative estimate of drug-likeness (QED) is 0.810. The molecule has 0 unspecified atom stereocenters. The number of hydrogen-bond acceptors (Lipinski definition) is 4. The van der Waals surface area contributed by atoms with Gasteiger partial charge in [0, 0.05) is 18.7 Å². The summed E-state index contributed by atoms with van der Waals surface area (Å²) >= 11 is 0. The Labute approximate surface area is 142 Å². The summed E-state index contributed by atoms with van der Waals surface area (Å²) in [5.74, 6) is -0.971. The van der Waals surface area contributed by atoms with Crippen LogP contribution in [0.4, 0.5) is 5.69 Å². The highest BCUT2D eigenvalue weighted by molar-refractivity contribution is 5.93. The minimum absolute atomic E-state index is 0.0232. The summed E-state index contributed by atoms with van der Waals surface area (Å²) in [6.45, 7) is 2.19. The van der Waals surface area contributed by atoms with Gasteiger partial charge in [-0.05, 0) is 37.0 Å². The van der Waals surface area contributed by atoms with E-state index >= 15 is 0 Å². The van der Waals surface area contributed by atoms with Crippen molar-refractivity contribution in [3.63, 3.8) is 0 Å². The van der Waals surface area contributed by atoms with E-state index in [9.17, 15) is 14.4 Å². The van der Waals surface area contributed by atoms with Gasteiger partial charge in [-0.2, -0.15) is 0 Å². The summed E-state index contributed by atoms with van der Waals surface area (Å²) in [4.78, 5) is 37.0. The first kappa shape index (κ1) is 18.0. The molecule has 1 saturated heterocycles. The first-order valence-electron chi connectivity index (χ1n) is 8.40. The third-order valence-electron chi connectivity index (χ3n) is 4.00. The van der Waals surface area contributed by atoms with Crippen LogP contribution in [0.25, 0.3) is 0 Å². The van der Waals surface area contributed by atoms with Gasteiger partial charge in [0.25, 0.3) is 5.91 Å². The van der Waals surface area contributed by atoms with E-state index in [-0.39, 0.29) is 19.1 Å². The number of ether oxygens (including phenoxy) is 1. The second-order valence-corrected chi connectivity index (χ2v) is 5.89. The Morgan fingerprint density at radius 2 is 1.92 bits per heavy atom. The molecule has 0 saturated carbocycles. The average Bonchev–Trinajstić information content (AvgIpc) is 2.78. The van der Waals surface area contributed by atoms with Crippen LogP contribution in [0.3, 0.4) is 0 Å². The van der Waals surface area contributed by atoms with Crippen molar-refractivity contribution in [1.82, 2.24) is 4.90 Å². The van der Waals surface area contributed by atoms with Crippen LogP contribution in [0.1, 0.15) is 38.2 Å². The van der Waals surface area contributed by atoms with Crippen molar-refractivity contribution in [3.8, 4) is 0 Å². The molecule has 1 aliphatic heterocycles. The summed E-state index contributed by atoms with van der Waals surface area (Å²) in [5, 5.41) is 2.67. The van der Waals surface area contributed by atoms with Crippen LogP contribution in [-0.4, -0.2) is 42.4 Å². The standard InChI is InChI=1S/C18H24N2O4/c1-2-14-7-9-15(10-8-14)19-16(21)13-24-18(23)12-20-11-5-3-4-6-17(20)22/h7-10H,2-6,11-13H2,1H3,(H,19,21). The van der Waals surface area contributed by atoms with Crippen LogP contribution < -0.4 is 5.32 Å². The number of anilines is 1. The molecule has 1 fully saturated rings. The monoisotopic (exact) mass is 332 g/mol. The molecule has 0 atom stereocenters. The Balaban J connectivity index is 1.73. The van der Waals surface area contributed by atoms with E-state index in [4.69, 9.17) is 4.74 Å². The number of esters is 1. The predicted molar refractivity (Wildman–Crippen MR) is 90.5 cm³/mol. The largest absolute Gasteiger partial charge is 0.454 e. The zero-order valence-electron chi connectivity index (χ0n) is 14.0. The van der Waals surface area contributed by atoms with Crippen molar-refractivity contribution in [2.24, 2.45) is 0 Å². The van der Waals surface area contributed by atoms with Crippen molar-refractivity contribution in [1.29, 1.82) is 0 Å². The van der Waals surface area contributed by atoms with Crippen molar-refractivity contribution in [2.75, 3.05) is 25.0 Å². The fourth-order valence-electron chi connectivity index (χ4n) is 2.57. The fourth-order valence-corrected chi connectivity index (χ4v) is 2.57. The lowest BCUT2D eigenvalue weighted by Gasteiger charge is -2.19. The van der Waals surface area contributed by atoms with E-state index in [0.717, 1.165) is 25.7 Å². The van der Waals surface area contributed by atoms with E-state index in [1.54, 1.807) is 0 Å². The molecular formula is C18H24N2O4. The van der Waals surface area contributed by atoms with Gasteiger partial charge in [0.2, 0.25) is 5.91 Å². The molecule has 24 heavy (non-hydrogen) atoms. The lowest BCUT2D eigenvalue weighted by molar-refractivity contribution is -0.151. The highest BCUT2D eigenvalue weighted by atomic mass is 16.5. The van der Waals surface area contributed by atoms with Crippen LogP contribution >= 0.6 is 0 Å². The number of carbonyl (C=O) groups is 3. The topological polar surface area (TPSA) is 75.7 Å². The van der Waals surface area contributed by atoms with Gasteiger partial charge in [-0.3, -0.25) is 14.4 Å². The SMILES string of the molecule is CCc1ccc(NC(=O)COC(=O)CN2CCCCCC2=O)cc1. The number of carbonyl (C=O) groups excluding carboxylic acids is 3. The molecule has 1 aromatic carbocycles. The predicted octanol–water partition coefficient (Wildman–Crippen LogP) is 2.13. The molecule has 1 N–H and O–H groups in total. The molecule has 2 rings (SSSR count). The number of nitrogens with one attached hydrogen (secondary N) is 1. The first-order chi connectivity index (χ1) is 11.6. The van der Waals surface area contributed by atoms with E-state index < -0.39 is 11.9 Å². The van der Waals surface area contributed by atoms with Gasteiger partial charge >= 0.3 is 5.97 Å². The highest BCUT2D eigenvalue weighted by Gasteiger charge is 2.20. The Hall–Kier alpha value is -2.37. The Bertz CT molecular complexity index is 583. The zero-order valence-corrected chi connectivity index (χ0v) is 14.0. The molecule has 0 aromatic heterocycles. The van der Waals surface area contributed by atoms with Gasteiger partial charge in [0.15, 0.2) is 6.61 Å². The maximum atomic E-state index is 11.8. The summed E-state index contributed by atoms with van der Waals surface area (Å²) in [5.41, 5.74) is 1.84. The van der Waals surface area contributed by atoms with Gasteiger partial charge in [-0.1, -0.05) is 25.5 Å². The average molecular weight is 332 g/mol. The minimum atomic E-state index is -0.554. The van der Waals surface area contributed by atoms with Gasteiger partial charge in [0.05, 0.1) is 0 Å². The molecule has 1 heterocycles. The fraction of sp³-hybridized carbons (Fsp3) is 0.500. The molecule has 0 radical (unpaired) electrons. The van der Waals surface area contributed by atoms with Gasteiger partial charge in [-0.15, -0.1) is 0 Å². The second kappa shape index (κ2) is 9.05. The molecule has 130 valence electrons. The van der Waals surface area contributed by atoms with Crippen LogP contribution in [-0.2, 0) is 25.5 Å². The number of rotatable bonds is 6. The number of likely N-dealkylation sites (tertiary alicyclic amines) is 1. The van der Waals surface area contributed by atoms with Gasteiger partial charge in [-0.25, -0.2) is 0 Å². The number of benzene rings is 1. The maximum absolute atomic E-state index is 11.8. The van der Waals surface area contributed by atoms with E-state index in [1.165, 1.54) is 10.5 Å². The normalized spacial score (nSPS) is 14.9.